The number of aromatic nitrogens is 1. The van der Waals surface area contributed by atoms with E-state index < -0.39 is 0 Å². The van der Waals surface area contributed by atoms with E-state index in [2.05, 4.69) is 73.7 Å². The van der Waals surface area contributed by atoms with Crippen molar-refractivity contribution in [2.45, 2.75) is 6.92 Å². The molecule has 3 aromatic carbocycles. The van der Waals surface area contributed by atoms with Crippen molar-refractivity contribution in [3.05, 3.63) is 78.5 Å². The minimum atomic E-state index is 1.08. The highest BCUT2D eigenvalue weighted by molar-refractivity contribution is 7.26. The third kappa shape index (κ3) is 1.97. The topological polar surface area (TPSA) is 12.9 Å². The Morgan fingerprint density at radius 2 is 1.58 bits per heavy atom. The second-order valence-corrected chi connectivity index (χ2v) is 7.17. The maximum Gasteiger partial charge on any atom is 0.0880 e. The van der Waals surface area contributed by atoms with Crippen LogP contribution in [0.4, 0.5) is 0 Å². The smallest absolute Gasteiger partial charge is 0.0880 e. The largest absolute Gasteiger partial charge is 0.255 e. The molecule has 0 spiro atoms. The number of hydrogen-bond acceptors (Lipinski definition) is 2. The number of pyridine rings is 1. The maximum absolute atomic E-state index is 4.72. The average Bonchev–Trinajstić information content (AvgIpc) is 3.02. The molecule has 0 aliphatic heterocycles. The molecular formula is C22H15NS. The van der Waals surface area contributed by atoms with Crippen LogP contribution < -0.4 is 0 Å². The fourth-order valence-corrected chi connectivity index (χ4v) is 4.68. The average molecular weight is 325 g/mol. The molecule has 5 rings (SSSR count). The van der Waals surface area contributed by atoms with E-state index >= 15 is 0 Å². The predicted octanol–water partition coefficient (Wildman–Crippen LogP) is 6.58. The lowest BCUT2D eigenvalue weighted by Gasteiger charge is -2.04. The number of nitrogens with zero attached hydrogens (tertiary/aromatic N) is 1. The van der Waals surface area contributed by atoms with E-state index in [1.54, 1.807) is 0 Å². The lowest BCUT2D eigenvalue weighted by molar-refractivity contribution is 1.37. The van der Waals surface area contributed by atoms with Gasteiger partial charge < -0.3 is 0 Å². The van der Waals surface area contributed by atoms with Crippen LogP contribution in [0.1, 0.15) is 5.56 Å². The van der Waals surface area contributed by atoms with Crippen LogP contribution in [0.3, 0.4) is 0 Å². The zero-order chi connectivity index (χ0) is 16.1. The summed E-state index contributed by atoms with van der Waals surface area (Å²) >= 11 is 1.85. The van der Waals surface area contributed by atoms with E-state index in [9.17, 15) is 0 Å². The van der Waals surface area contributed by atoms with Gasteiger partial charge in [0.05, 0.1) is 10.4 Å². The van der Waals surface area contributed by atoms with Crippen molar-refractivity contribution in [1.29, 1.82) is 0 Å². The summed E-state index contributed by atoms with van der Waals surface area (Å²) < 4.78 is 2.64. The van der Waals surface area contributed by atoms with Crippen molar-refractivity contribution < 1.29 is 0 Å². The molecule has 0 fully saturated rings. The standard InChI is InChI=1S/C22H15NS/c1-14-5-4-8-18-19-11-12-23-20(22(19)24-21(14)18)17-10-9-15-6-2-3-7-16(15)13-17/h2-13H,1H3. The normalized spacial score (nSPS) is 11.5. The summed E-state index contributed by atoms with van der Waals surface area (Å²) in [5.41, 5.74) is 3.60. The van der Waals surface area contributed by atoms with E-state index in [1.165, 1.54) is 42.1 Å². The van der Waals surface area contributed by atoms with Crippen LogP contribution in [0.5, 0.6) is 0 Å². The van der Waals surface area contributed by atoms with Gasteiger partial charge in [0.2, 0.25) is 0 Å². The van der Waals surface area contributed by atoms with Crippen molar-refractivity contribution in [2.24, 2.45) is 0 Å². The number of fused-ring (bicyclic) bond motifs is 4. The van der Waals surface area contributed by atoms with Gasteiger partial charge in [0, 0.05) is 27.2 Å². The zero-order valence-electron chi connectivity index (χ0n) is 13.3. The van der Waals surface area contributed by atoms with Crippen molar-refractivity contribution in [3.63, 3.8) is 0 Å². The molecular weight excluding hydrogens is 310 g/mol. The molecule has 5 aromatic rings. The highest BCUT2D eigenvalue weighted by Crippen LogP contribution is 2.40. The van der Waals surface area contributed by atoms with Crippen LogP contribution in [0.15, 0.2) is 72.9 Å². The highest BCUT2D eigenvalue weighted by atomic mass is 32.1. The van der Waals surface area contributed by atoms with Crippen molar-refractivity contribution in [1.82, 2.24) is 4.98 Å². The van der Waals surface area contributed by atoms with Crippen LogP contribution in [-0.2, 0) is 0 Å². The first-order chi connectivity index (χ1) is 11.8. The molecule has 0 saturated carbocycles. The van der Waals surface area contributed by atoms with Crippen LogP contribution in [0, 0.1) is 6.92 Å². The van der Waals surface area contributed by atoms with Crippen LogP contribution >= 0.6 is 11.3 Å². The summed E-state index contributed by atoms with van der Waals surface area (Å²) in [6, 6.07) is 23.8. The molecule has 0 radical (unpaired) electrons. The summed E-state index contributed by atoms with van der Waals surface area (Å²) in [7, 11) is 0. The molecule has 114 valence electrons. The molecule has 0 N–H and O–H groups in total. The molecule has 1 nitrogen and oxygen atoms in total. The van der Waals surface area contributed by atoms with E-state index in [-0.39, 0.29) is 0 Å². The Morgan fingerprint density at radius 1 is 0.750 bits per heavy atom. The molecule has 0 unspecified atom stereocenters. The van der Waals surface area contributed by atoms with Gasteiger partial charge in [0.25, 0.3) is 0 Å². The van der Waals surface area contributed by atoms with Gasteiger partial charge in [0.15, 0.2) is 0 Å². The Morgan fingerprint density at radius 3 is 2.50 bits per heavy atom. The molecule has 2 aromatic heterocycles. The lowest BCUT2D eigenvalue weighted by atomic mass is 10.0. The summed E-state index contributed by atoms with van der Waals surface area (Å²) in [5, 5.41) is 5.16. The molecule has 0 aliphatic rings. The molecule has 0 bridgehead atoms. The monoisotopic (exact) mass is 325 g/mol. The first-order valence-corrected chi connectivity index (χ1v) is 8.89. The van der Waals surface area contributed by atoms with E-state index in [4.69, 9.17) is 4.98 Å². The molecule has 0 saturated heterocycles. The number of aryl methyl sites for hydroxylation is 1. The molecule has 24 heavy (non-hydrogen) atoms. The molecule has 2 heterocycles. The molecule has 0 aliphatic carbocycles. The van der Waals surface area contributed by atoms with Gasteiger partial charge in [-0.15, -0.1) is 11.3 Å². The number of rotatable bonds is 1. The Balaban J connectivity index is 1.85. The van der Waals surface area contributed by atoms with Gasteiger partial charge >= 0.3 is 0 Å². The van der Waals surface area contributed by atoms with Gasteiger partial charge in [-0.3, -0.25) is 4.98 Å². The van der Waals surface area contributed by atoms with E-state index in [0.29, 0.717) is 0 Å². The first kappa shape index (κ1) is 13.7. The van der Waals surface area contributed by atoms with Crippen molar-refractivity contribution in [3.8, 4) is 11.3 Å². The Kier molecular flexibility index (Phi) is 2.94. The van der Waals surface area contributed by atoms with E-state index in [1.807, 2.05) is 17.5 Å². The quantitative estimate of drug-likeness (QED) is 0.339. The van der Waals surface area contributed by atoms with Crippen molar-refractivity contribution in [2.75, 3.05) is 0 Å². The summed E-state index contributed by atoms with van der Waals surface area (Å²) in [6.07, 6.45) is 1.93. The van der Waals surface area contributed by atoms with Gasteiger partial charge in [-0.25, -0.2) is 0 Å². The Labute approximate surface area is 144 Å². The fourth-order valence-electron chi connectivity index (χ4n) is 3.41. The first-order valence-electron chi connectivity index (χ1n) is 8.07. The van der Waals surface area contributed by atoms with Gasteiger partial charge in [-0.2, -0.15) is 0 Å². The fraction of sp³-hybridized carbons (Fsp3) is 0.0455. The Hall–Kier alpha value is -2.71. The zero-order valence-corrected chi connectivity index (χ0v) is 14.1. The molecule has 2 heteroatoms. The Bertz CT molecular complexity index is 1220. The summed E-state index contributed by atoms with van der Waals surface area (Å²) in [6.45, 7) is 2.18. The third-order valence-corrected chi connectivity index (χ3v) is 6.00. The van der Waals surface area contributed by atoms with Crippen LogP contribution in [-0.4, -0.2) is 4.98 Å². The second-order valence-electron chi connectivity index (χ2n) is 6.15. The molecule has 0 atom stereocenters. The van der Waals surface area contributed by atoms with Crippen LogP contribution in [0.25, 0.3) is 42.2 Å². The number of hydrogen-bond donors (Lipinski definition) is 0. The predicted molar refractivity (Wildman–Crippen MR) is 105 cm³/mol. The van der Waals surface area contributed by atoms with Crippen molar-refractivity contribution >= 4 is 42.3 Å². The third-order valence-electron chi connectivity index (χ3n) is 4.63. The highest BCUT2D eigenvalue weighted by Gasteiger charge is 2.12. The number of thiophene rings is 1. The maximum atomic E-state index is 4.72. The minimum absolute atomic E-state index is 1.08. The van der Waals surface area contributed by atoms with Gasteiger partial charge in [-0.1, -0.05) is 54.6 Å². The SMILES string of the molecule is Cc1cccc2c1sc1c(-c3ccc4ccccc4c3)nccc12. The molecule has 0 amide bonds. The van der Waals surface area contributed by atoms with Gasteiger partial charge in [0.1, 0.15) is 0 Å². The summed E-state index contributed by atoms with van der Waals surface area (Å²) in [4.78, 5) is 4.72. The minimum Gasteiger partial charge on any atom is -0.255 e. The van der Waals surface area contributed by atoms with Gasteiger partial charge in [-0.05, 0) is 35.4 Å². The number of benzene rings is 3. The summed E-state index contributed by atoms with van der Waals surface area (Å²) in [5.74, 6) is 0. The second kappa shape index (κ2) is 5.15. The lowest BCUT2D eigenvalue weighted by Crippen LogP contribution is -1.83. The van der Waals surface area contributed by atoms with E-state index in [0.717, 1.165) is 5.69 Å². The van der Waals surface area contributed by atoms with Crippen LogP contribution in [0.2, 0.25) is 0 Å².